The molecule has 0 bridgehead atoms. The van der Waals surface area contributed by atoms with E-state index in [1.54, 1.807) is 0 Å². The van der Waals surface area contributed by atoms with Gasteiger partial charge in [-0.05, 0) is 42.6 Å². The second-order valence-corrected chi connectivity index (χ2v) is 5.96. The molecule has 2 N–H and O–H groups in total. The van der Waals surface area contributed by atoms with Crippen LogP contribution in [0.25, 0.3) is 10.8 Å². The molecule has 0 aromatic heterocycles. The van der Waals surface area contributed by atoms with E-state index in [2.05, 4.69) is 41.7 Å². The molecule has 4 nitrogen and oxygen atoms in total. The summed E-state index contributed by atoms with van der Waals surface area (Å²) in [7, 11) is 0. The van der Waals surface area contributed by atoms with Crippen LogP contribution in [0.15, 0.2) is 36.4 Å². The molecule has 0 spiro atoms. The van der Waals surface area contributed by atoms with E-state index in [9.17, 15) is 0 Å². The minimum Gasteiger partial charge on any atom is -0.491 e. The Hall–Kier alpha value is -1.62. The summed E-state index contributed by atoms with van der Waals surface area (Å²) >= 11 is 0. The molecule has 3 rings (SSSR count). The molecule has 1 atom stereocenters. The van der Waals surface area contributed by atoms with E-state index < -0.39 is 0 Å². The third-order valence-corrected chi connectivity index (χ3v) is 4.26. The van der Waals surface area contributed by atoms with Gasteiger partial charge in [0.15, 0.2) is 0 Å². The molecule has 1 saturated heterocycles. The molecule has 23 heavy (non-hydrogen) atoms. The van der Waals surface area contributed by atoms with Crippen LogP contribution >= 0.6 is 0 Å². The van der Waals surface area contributed by atoms with Gasteiger partial charge in [-0.2, -0.15) is 0 Å². The van der Waals surface area contributed by atoms with Gasteiger partial charge in [-0.15, -0.1) is 0 Å². The van der Waals surface area contributed by atoms with Gasteiger partial charge in [0, 0.05) is 25.3 Å². The molecule has 1 aliphatic heterocycles. The van der Waals surface area contributed by atoms with E-state index in [1.807, 2.05) is 0 Å². The first kappa shape index (κ1) is 16.2. The van der Waals surface area contributed by atoms with Crippen molar-refractivity contribution in [3.63, 3.8) is 0 Å². The quantitative estimate of drug-likeness (QED) is 0.736. The van der Waals surface area contributed by atoms with Crippen molar-refractivity contribution in [2.24, 2.45) is 0 Å². The van der Waals surface area contributed by atoms with Crippen molar-refractivity contribution in [3.8, 4) is 5.75 Å². The lowest BCUT2D eigenvalue weighted by atomic mass is 10.0. The zero-order valence-electron chi connectivity index (χ0n) is 13.5. The minimum absolute atomic E-state index is 0.213. The number of ether oxygens (including phenoxy) is 2. The van der Waals surface area contributed by atoms with Gasteiger partial charge in [0.2, 0.25) is 0 Å². The molecular formula is C19H25NO3. The Morgan fingerprint density at radius 3 is 2.96 bits per heavy atom. The maximum absolute atomic E-state index is 8.92. The summed E-state index contributed by atoms with van der Waals surface area (Å²) in [5, 5.41) is 14.7. The van der Waals surface area contributed by atoms with Gasteiger partial charge in [0.1, 0.15) is 12.4 Å². The van der Waals surface area contributed by atoms with Crippen LogP contribution in [0.5, 0.6) is 5.75 Å². The van der Waals surface area contributed by atoms with E-state index in [1.165, 1.54) is 16.3 Å². The van der Waals surface area contributed by atoms with Gasteiger partial charge in [-0.3, -0.25) is 0 Å². The summed E-state index contributed by atoms with van der Waals surface area (Å²) in [5.74, 6) is 0.927. The Balaban J connectivity index is 1.76. The highest BCUT2D eigenvalue weighted by atomic mass is 16.5. The van der Waals surface area contributed by atoms with Crippen molar-refractivity contribution < 1.29 is 14.6 Å². The maximum Gasteiger partial charge on any atom is 0.124 e. The molecule has 124 valence electrons. The van der Waals surface area contributed by atoms with Crippen LogP contribution in [-0.4, -0.2) is 37.6 Å². The van der Waals surface area contributed by atoms with Gasteiger partial charge >= 0.3 is 0 Å². The van der Waals surface area contributed by atoms with Crippen LogP contribution in [0.2, 0.25) is 0 Å². The molecule has 1 fully saturated rings. The van der Waals surface area contributed by atoms with E-state index >= 15 is 0 Å². The molecule has 1 aliphatic rings. The van der Waals surface area contributed by atoms with E-state index in [0.29, 0.717) is 6.61 Å². The molecule has 1 unspecified atom stereocenters. The molecule has 1 heterocycles. The van der Waals surface area contributed by atoms with E-state index in [-0.39, 0.29) is 12.7 Å². The maximum atomic E-state index is 8.92. The monoisotopic (exact) mass is 315 g/mol. The van der Waals surface area contributed by atoms with Gasteiger partial charge in [-0.25, -0.2) is 0 Å². The van der Waals surface area contributed by atoms with Crippen molar-refractivity contribution in [2.75, 3.05) is 26.4 Å². The predicted octanol–water partition coefficient (Wildman–Crippen LogP) is 2.87. The lowest BCUT2D eigenvalue weighted by Gasteiger charge is -2.17. The molecule has 0 amide bonds. The van der Waals surface area contributed by atoms with Crippen molar-refractivity contribution in [1.29, 1.82) is 0 Å². The molecule has 0 saturated carbocycles. The predicted molar refractivity (Wildman–Crippen MR) is 91.8 cm³/mol. The average Bonchev–Trinajstić information content (AvgIpc) is 3.11. The van der Waals surface area contributed by atoms with Crippen LogP contribution in [0, 0.1) is 0 Å². The van der Waals surface area contributed by atoms with Crippen molar-refractivity contribution in [1.82, 2.24) is 5.32 Å². The van der Waals surface area contributed by atoms with Gasteiger partial charge < -0.3 is 19.9 Å². The largest absolute Gasteiger partial charge is 0.491 e. The fraction of sp³-hybridized carbons (Fsp3) is 0.474. The highest BCUT2D eigenvalue weighted by molar-refractivity contribution is 5.87. The third-order valence-electron chi connectivity index (χ3n) is 4.26. The Labute approximate surface area is 137 Å². The molecule has 0 aliphatic carbocycles. The lowest BCUT2D eigenvalue weighted by molar-refractivity contribution is 0.0676. The molecular weight excluding hydrogens is 290 g/mol. The number of fused-ring (bicyclic) bond motifs is 1. The normalized spacial score (nSPS) is 17.7. The SMILES string of the molecule is OCCCNCc1c(OCC2CCCO2)ccc2ccccc12. The fourth-order valence-corrected chi connectivity index (χ4v) is 3.01. The third kappa shape index (κ3) is 4.22. The van der Waals surface area contributed by atoms with Gasteiger partial charge in [-0.1, -0.05) is 30.3 Å². The Bertz CT molecular complexity index is 623. The van der Waals surface area contributed by atoms with Crippen LogP contribution < -0.4 is 10.1 Å². The molecule has 0 radical (unpaired) electrons. The second-order valence-electron chi connectivity index (χ2n) is 5.96. The zero-order chi connectivity index (χ0) is 15.9. The smallest absolute Gasteiger partial charge is 0.124 e. The minimum atomic E-state index is 0.213. The first-order valence-electron chi connectivity index (χ1n) is 8.45. The average molecular weight is 315 g/mol. The number of hydrogen-bond acceptors (Lipinski definition) is 4. The Morgan fingerprint density at radius 1 is 1.22 bits per heavy atom. The second kappa shape index (κ2) is 8.29. The van der Waals surface area contributed by atoms with E-state index in [4.69, 9.17) is 14.6 Å². The van der Waals surface area contributed by atoms with Crippen LogP contribution in [0.1, 0.15) is 24.8 Å². The summed E-state index contributed by atoms with van der Waals surface area (Å²) in [5.41, 5.74) is 1.18. The van der Waals surface area contributed by atoms with Crippen LogP contribution in [0.4, 0.5) is 0 Å². The van der Waals surface area contributed by atoms with E-state index in [0.717, 1.165) is 44.7 Å². The number of hydrogen-bond donors (Lipinski definition) is 2. The number of rotatable bonds is 8. The first-order chi connectivity index (χ1) is 11.4. The lowest BCUT2D eigenvalue weighted by Crippen LogP contribution is -2.19. The van der Waals surface area contributed by atoms with Gasteiger partial charge in [0.25, 0.3) is 0 Å². The highest BCUT2D eigenvalue weighted by Gasteiger charge is 2.17. The summed E-state index contributed by atoms with van der Waals surface area (Å²) < 4.78 is 11.7. The molecule has 2 aromatic carbocycles. The summed E-state index contributed by atoms with van der Waals surface area (Å²) in [6, 6.07) is 12.5. The highest BCUT2D eigenvalue weighted by Crippen LogP contribution is 2.28. The Morgan fingerprint density at radius 2 is 2.13 bits per heavy atom. The number of aliphatic hydroxyl groups excluding tert-OH is 1. The topological polar surface area (TPSA) is 50.7 Å². The number of nitrogens with one attached hydrogen (secondary N) is 1. The van der Waals surface area contributed by atoms with Crippen LogP contribution in [-0.2, 0) is 11.3 Å². The zero-order valence-corrected chi connectivity index (χ0v) is 13.5. The molecule has 4 heteroatoms. The van der Waals surface area contributed by atoms with Crippen molar-refractivity contribution in [2.45, 2.75) is 31.9 Å². The Kier molecular flexibility index (Phi) is 5.86. The standard InChI is InChI=1S/C19H25NO3/c21-11-4-10-20-13-18-17-7-2-1-5-15(17)8-9-19(18)23-14-16-6-3-12-22-16/h1-2,5,7-9,16,20-21H,3-4,6,10-14H2. The van der Waals surface area contributed by atoms with Gasteiger partial charge in [0.05, 0.1) is 6.10 Å². The summed E-state index contributed by atoms with van der Waals surface area (Å²) in [6.45, 7) is 3.21. The van der Waals surface area contributed by atoms with Crippen LogP contribution in [0.3, 0.4) is 0 Å². The number of benzene rings is 2. The summed E-state index contributed by atoms with van der Waals surface area (Å²) in [6.07, 6.45) is 3.19. The first-order valence-corrected chi connectivity index (χ1v) is 8.45. The number of aliphatic hydroxyl groups is 1. The summed E-state index contributed by atoms with van der Waals surface area (Å²) in [4.78, 5) is 0. The van der Waals surface area contributed by atoms with Crippen molar-refractivity contribution >= 4 is 10.8 Å². The molecule has 2 aromatic rings. The van der Waals surface area contributed by atoms with Crippen molar-refractivity contribution in [3.05, 3.63) is 42.0 Å². The fourth-order valence-electron chi connectivity index (χ4n) is 3.01.